The lowest BCUT2D eigenvalue weighted by atomic mass is 10.2. The first-order valence-electron chi connectivity index (χ1n) is 4.02. The lowest BCUT2D eigenvalue weighted by Gasteiger charge is -2.07. The van der Waals surface area contributed by atoms with E-state index in [9.17, 15) is 13.6 Å². The Bertz CT molecular complexity index is 353. The van der Waals surface area contributed by atoms with E-state index in [4.69, 9.17) is 5.73 Å². The lowest BCUT2D eigenvalue weighted by molar-refractivity contribution is -0.117. The molecule has 1 amide bonds. The molecule has 0 heterocycles. The number of carbonyl (C=O) groups excluding carboxylic acids is 1. The van der Waals surface area contributed by atoms with Gasteiger partial charge < -0.3 is 11.1 Å². The zero-order valence-electron chi connectivity index (χ0n) is 7.55. The Balaban J connectivity index is 2.78. The number of amides is 1. The molecule has 1 aromatic rings. The minimum Gasteiger partial charge on any atom is -0.325 e. The molecule has 0 unspecified atom stereocenters. The molecular weight excluding hydrogens is 190 g/mol. The summed E-state index contributed by atoms with van der Waals surface area (Å²) in [7, 11) is 0. The maximum Gasteiger partial charge on any atom is 0.241 e. The van der Waals surface area contributed by atoms with Gasteiger partial charge in [0, 0.05) is 11.8 Å². The zero-order chi connectivity index (χ0) is 10.7. The number of rotatable bonds is 2. The van der Waals surface area contributed by atoms with Crippen molar-refractivity contribution >= 4 is 11.6 Å². The summed E-state index contributed by atoms with van der Waals surface area (Å²) in [5, 5.41) is 2.34. The molecule has 14 heavy (non-hydrogen) atoms. The molecule has 0 saturated heterocycles. The van der Waals surface area contributed by atoms with Crippen LogP contribution in [0.4, 0.5) is 14.5 Å². The lowest BCUT2D eigenvalue weighted by Crippen LogP contribution is -2.32. The Morgan fingerprint density at radius 3 is 2.57 bits per heavy atom. The molecule has 3 N–H and O–H groups in total. The molecule has 0 aliphatic carbocycles. The van der Waals surface area contributed by atoms with Crippen molar-refractivity contribution in [2.24, 2.45) is 5.73 Å². The van der Waals surface area contributed by atoms with Gasteiger partial charge in [-0.1, -0.05) is 0 Å². The number of hydrogen-bond acceptors (Lipinski definition) is 2. The van der Waals surface area contributed by atoms with Crippen molar-refractivity contribution in [3.05, 3.63) is 29.8 Å². The van der Waals surface area contributed by atoms with Crippen molar-refractivity contribution in [3.8, 4) is 0 Å². The third-order valence-electron chi connectivity index (χ3n) is 1.60. The maximum atomic E-state index is 12.7. The van der Waals surface area contributed by atoms with Crippen LogP contribution < -0.4 is 11.1 Å². The normalized spacial score (nSPS) is 12.3. The standard InChI is InChI=1S/C9H10F2N2O/c1-5(12)9(14)13-6-2-3-7(10)8(11)4-6/h2-5H,12H2,1H3,(H,13,14)/t5-/m0/s1. The van der Waals surface area contributed by atoms with Crippen molar-refractivity contribution < 1.29 is 13.6 Å². The fraction of sp³-hybridized carbons (Fsp3) is 0.222. The van der Waals surface area contributed by atoms with Crippen LogP contribution in [0.2, 0.25) is 0 Å². The van der Waals surface area contributed by atoms with E-state index in [1.165, 1.54) is 13.0 Å². The van der Waals surface area contributed by atoms with Crippen LogP contribution in [0, 0.1) is 11.6 Å². The molecule has 3 nitrogen and oxygen atoms in total. The summed E-state index contributed by atoms with van der Waals surface area (Å²) >= 11 is 0. The van der Waals surface area contributed by atoms with Gasteiger partial charge in [0.15, 0.2) is 11.6 Å². The van der Waals surface area contributed by atoms with Gasteiger partial charge in [-0.05, 0) is 19.1 Å². The van der Waals surface area contributed by atoms with Crippen LogP contribution >= 0.6 is 0 Å². The highest BCUT2D eigenvalue weighted by Crippen LogP contribution is 2.12. The van der Waals surface area contributed by atoms with Crippen LogP contribution in [0.5, 0.6) is 0 Å². The average molecular weight is 200 g/mol. The summed E-state index contributed by atoms with van der Waals surface area (Å²) < 4.78 is 25.2. The molecular formula is C9H10F2N2O. The van der Waals surface area contributed by atoms with Crippen molar-refractivity contribution in [2.75, 3.05) is 5.32 Å². The summed E-state index contributed by atoms with van der Waals surface area (Å²) in [6.07, 6.45) is 0. The van der Waals surface area contributed by atoms with Gasteiger partial charge in [-0.15, -0.1) is 0 Å². The Labute approximate surface area is 79.9 Å². The first kappa shape index (κ1) is 10.6. The molecule has 0 radical (unpaired) electrons. The van der Waals surface area contributed by atoms with E-state index in [0.29, 0.717) is 0 Å². The van der Waals surface area contributed by atoms with Gasteiger partial charge in [0.1, 0.15) is 0 Å². The quantitative estimate of drug-likeness (QED) is 0.754. The first-order valence-corrected chi connectivity index (χ1v) is 4.02. The molecule has 0 saturated carbocycles. The van der Waals surface area contributed by atoms with Crippen molar-refractivity contribution in [2.45, 2.75) is 13.0 Å². The van der Waals surface area contributed by atoms with E-state index in [-0.39, 0.29) is 5.69 Å². The molecule has 1 atom stereocenters. The number of nitrogens with two attached hydrogens (primary N) is 1. The SMILES string of the molecule is C[C@H](N)C(=O)Nc1ccc(F)c(F)c1. The van der Waals surface area contributed by atoms with Gasteiger partial charge in [0.25, 0.3) is 0 Å². The second kappa shape index (κ2) is 4.15. The van der Waals surface area contributed by atoms with Crippen LogP contribution in [-0.2, 0) is 4.79 Å². The highest BCUT2D eigenvalue weighted by Gasteiger charge is 2.09. The van der Waals surface area contributed by atoms with Gasteiger partial charge in [-0.25, -0.2) is 8.78 Å². The van der Waals surface area contributed by atoms with Crippen molar-refractivity contribution in [1.82, 2.24) is 0 Å². The molecule has 0 aromatic heterocycles. The number of halogens is 2. The predicted molar refractivity (Wildman–Crippen MR) is 48.6 cm³/mol. The molecule has 0 aliphatic rings. The Kier molecular flexibility index (Phi) is 3.14. The van der Waals surface area contributed by atoms with E-state index in [0.717, 1.165) is 12.1 Å². The Morgan fingerprint density at radius 2 is 2.07 bits per heavy atom. The smallest absolute Gasteiger partial charge is 0.241 e. The fourth-order valence-electron chi connectivity index (χ4n) is 0.830. The van der Waals surface area contributed by atoms with E-state index in [1.54, 1.807) is 0 Å². The molecule has 0 fully saturated rings. The molecule has 0 bridgehead atoms. The van der Waals surface area contributed by atoms with E-state index in [1.807, 2.05) is 0 Å². The molecule has 0 spiro atoms. The summed E-state index contributed by atoms with van der Waals surface area (Å²) in [5.41, 5.74) is 5.46. The van der Waals surface area contributed by atoms with Gasteiger partial charge in [0.05, 0.1) is 6.04 Å². The zero-order valence-corrected chi connectivity index (χ0v) is 7.55. The summed E-state index contributed by atoms with van der Waals surface area (Å²) in [6.45, 7) is 1.50. The maximum absolute atomic E-state index is 12.7. The van der Waals surface area contributed by atoms with Crippen LogP contribution in [0.3, 0.4) is 0 Å². The van der Waals surface area contributed by atoms with E-state index < -0.39 is 23.6 Å². The van der Waals surface area contributed by atoms with E-state index in [2.05, 4.69) is 5.32 Å². The first-order chi connectivity index (χ1) is 6.50. The number of hydrogen-bond donors (Lipinski definition) is 2. The minimum atomic E-state index is -1.01. The van der Waals surface area contributed by atoms with Gasteiger partial charge >= 0.3 is 0 Å². The fourth-order valence-corrected chi connectivity index (χ4v) is 0.830. The predicted octanol–water partition coefficient (Wildman–Crippen LogP) is 1.25. The highest BCUT2D eigenvalue weighted by atomic mass is 19.2. The molecule has 76 valence electrons. The van der Waals surface area contributed by atoms with Crippen molar-refractivity contribution in [1.29, 1.82) is 0 Å². The largest absolute Gasteiger partial charge is 0.325 e. The second-order valence-electron chi connectivity index (χ2n) is 2.91. The van der Waals surface area contributed by atoms with E-state index >= 15 is 0 Å². The Morgan fingerprint density at radius 1 is 1.43 bits per heavy atom. The van der Waals surface area contributed by atoms with Crippen LogP contribution in [0.25, 0.3) is 0 Å². The van der Waals surface area contributed by atoms with Crippen molar-refractivity contribution in [3.63, 3.8) is 0 Å². The molecule has 1 aromatic carbocycles. The van der Waals surface area contributed by atoms with Crippen LogP contribution in [0.15, 0.2) is 18.2 Å². The van der Waals surface area contributed by atoms with Gasteiger partial charge in [-0.2, -0.15) is 0 Å². The third-order valence-corrected chi connectivity index (χ3v) is 1.60. The minimum absolute atomic E-state index is 0.186. The average Bonchev–Trinajstić information content (AvgIpc) is 2.11. The summed E-state index contributed by atoms with van der Waals surface area (Å²) in [6, 6.07) is 2.41. The third kappa shape index (κ3) is 2.50. The number of benzene rings is 1. The van der Waals surface area contributed by atoms with Crippen LogP contribution in [0.1, 0.15) is 6.92 Å². The van der Waals surface area contributed by atoms with Gasteiger partial charge in [-0.3, -0.25) is 4.79 Å². The summed E-state index contributed by atoms with van der Waals surface area (Å²) in [4.78, 5) is 11.1. The summed E-state index contributed by atoms with van der Waals surface area (Å²) in [5.74, 6) is -2.41. The topological polar surface area (TPSA) is 55.1 Å². The number of carbonyl (C=O) groups is 1. The second-order valence-corrected chi connectivity index (χ2v) is 2.91. The molecule has 0 aliphatic heterocycles. The van der Waals surface area contributed by atoms with Gasteiger partial charge in [0.2, 0.25) is 5.91 Å². The number of nitrogens with one attached hydrogen (secondary N) is 1. The molecule has 5 heteroatoms. The number of anilines is 1. The highest BCUT2D eigenvalue weighted by molar-refractivity contribution is 5.94. The monoisotopic (exact) mass is 200 g/mol. The van der Waals surface area contributed by atoms with Crippen LogP contribution in [-0.4, -0.2) is 11.9 Å². The molecule has 1 rings (SSSR count). The Hall–Kier alpha value is -1.49.